The molecule has 7 heteroatoms. The van der Waals surface area contributed by atoms with Gasteiger partial charge in [0.15, 0.2) is 0 Å². The maximum absolute atomic E-state index is 12.6. The van der Waals surface area contributed by atoms with Crippen molar-refractivity contribution in [1.82, 2.24) is 15.1 Å². The van der Waals surface area contributed by atoms with E-state index < -0.39 is 0 Å². The molecule has 0 aromatic heterocycles. The van der Waals surface area contributed by atoms with Crippen LogP contribution in [-0.4, -0.2) is 59.4 Å². The van der Waals surface area contributed by atoms with E-state index in [1.165, 1.54) is 6.08 Å². The molecule has 1 heterocycles. The molecule has 1 fully saturated rings. The van der Waals surface area contributed by atoms with Gasteiger partial charge in [-0.25, -0.2) is 4.79 Å². The van der Waals surface area contributed by atoms with E-state index in [0.717, 1.165) is 0 Å². The fourth-order valence-corrected chi connectivity index (χ4v) is 2.58. The number of nitrogens with one attached hydrogen (secondary N) is 2. The van der Waals surface area contributed by atoms with Gasteiger partial charge in [-0.1, -0.05) is 6.58 Å². The van der Waals surface area contributed by atoms with Crippen LogP contribution in [-0.2, 0) is 4.79 Å². The van der Waals surface area contributed by atoms with Gasteiger partial charge in [0.2, 0.25) is 5.91 Å². The van der Waals surface area contributed by atoms with Crippen molar-refractivity contribution in [2.75, 3.05) is 31.5 Å². The smallest absolute Gasteiger partial charge is 0.317 e. The molecule has 1 aliphatic heterocycles. The highest BCUT2D eigenvalue weighted by Gasteiger charge is 2.26. The van der Waals surface area contributed by atoms with Crippen molar-refractivity contribution >= 4 is 23.5 Å². The van der Waals surface area contributed by atoms with E-state index in [1.54, 1.807) is 34.1 Å². The van der Waals surface area contributed by atoms with Gasteiger partial charge < -0.3 is 20.4 Å². The van der Waals surface area contributed by atoms with E-state index in [-0.39, 0.29) is 23.4 Å². The number of amides is 4. The number of hydrogen-bond donors (Lipinski definition) is 2. The van der Waals surface area contributed by atoms with E-state index in [2.05, 4.69) is 17.2 Å². The summed E-state index contributed by atoms with van der Waals surface area (Å²) in [5, 5.41) is 5.57. The van der Waals surface area contributed by atoms with Crippen LogP contribution in [0, 0.1) is 0 Å². The summed E-state index contributed by atoms with van der Waals surface area (Å²) in [6.07, 6.45) is 1.19. The average Bonchev–Trinajstić information content (AvgIpc) is 2.60. The van der Waals surface area contributed by atoms with Crippen molar-refractivity contribution in [3.63, 3.8) is 0 Å². The van der Waals surface area contributed by atoms with Crippen molar-refractivity contribution in [2.45, 2.75) is 26.3 Å². The highest BCUT2D eigenvalue weighted by molar-refractivity contribution is 5.99. The number of benzene rings is 1. The Morgan fingerprint density at radius 1 is 1.00 bits per heavy atom. The molecule has 1 aliphatic rings. The molecular weight excluding hydrogens is 332 g/mol. The lowest BCUT2D eigenvalue weighted by atomic mass is 10.1. The minimum absolute atomic E-state index is 0.0810. The maximum atomic E-state index is 12.6. The number of urea groups is 1. The second kappa shape index (κ2) is 8.03. The Bertz CT molecular complexity index is 684. The molecule has 2 N–H and O–H groups in total. The van der Waals surface area contributed by atoms with Crippen LogP contribution in [0.2, 0.25) is 0 Å². The highest BCUT2D eigenvalue weighted by Crippen LogP contribution is 2.14. The molecule has 4 amide bonds. The van der Waals surface area contributed by atoms with Gasteiger partial charge in [-0.3, -0.25) is 9.59 Å². The molecule has 26 heavy (non-hydrogen) atoms. The Balaban J connectivity index is 1.91. The summed E-state index contributed by atoms with van der Waals surface area (Å²) in [5.74, 6) is -0.379. The van der Waals surface area contributed by atoms with Gasteiger partial charge in [0.1, 0.15) is 0 Å². The molecule has 140 valence electrons. The van der Waals surface area contributed by atoms with Crippen LogP contribution in [0.3, 0.4) is 0 Å². The number of carbonyl (C=O) groups excluding carboxylic acids is 3. The van der Waals surface area contributed by atoms with Crippen LogP contribution < -0.4 is 10.6 Å². The van der Waals surface area contributed by atoms with Crippen LogP contribution in [0.25, 0.3) is 0 Å². The third kappa shape index (κ3) is 5.34. The fraction of sp³-hybridized carbons (Fsp3) is 0.421. The van der Waals surface area contributed by atoms with Crippen LogP contribution >= 0.6 is 0 Å². The zero-order valence-corrected chi connectivity index (χ0v) is 15.5. The van der Waals surface area contributed by atoms with Crippen molar-refractivity contribution in [1.29, 1.82) is 0 Å². The van der Waals surface area contributed by atoms with Gasteiger partial charge in [0.05, 0.1) is 0 Å². The van der Waals surface area contributed by atoms with Crippen LogP contribution in [0.5, 0.6) is 0 Å². The molecule has 0 unspecified atom stereocenters. The second-order valence-corrected chi connectivity index (χ2v) is 7.23. The van der Waals surface area contributed by atoms with Gasteiger partial charge in [-0.15, -0.1) is 0 Å². The summed E-state index contributed by atoms with van der Waals surface area (Å²) >= 11 is 0. The number of hydrogen-bond acceptors (Lipinski definition) is 3. The fourth-order valence-electron chi connectivity index (χ4n) is 2.58. The van der Waals surface area contributed by atoms with Crippen LogP contribution in [0.1, 0.15) is 31.1 Å². The number of piperazine rings is 1. The SMILES string of the molecule is C=CC(=O)Nc1ccc(C(=O)N2CCN(C(=O)NC(C)(C)C)CC2)cc1. The first kappa shape index (κ1) is 19.5. The lowest BCUT2D eigenvalue weighted by Gasteiger charge is -2.36. The molecule has 1 saturated heterocycles. The third-order valence-corrected chi connectivity index (χ3v) is 3.92. The quantitative estimate of drug-likeness (QED) is 0.812. The molecule has 0 radical (unpaired) electrons. The minimum atomic E-state index is -0.297. The Morgan fingerprint density at radius 3 is 2.04 bits per heavy atom. The Morgan fingerprint density at radius 2 is 1.54 bits per heavy atom. The summed E-state index contributed by atoms with van der Waals surface area (Å²) < 4.78 is 0. The van der Waals surface area contributed by atoms with E-state index >= 15 is 0 Å². The predicted molar refractivity (Wildman–Crippen MR) is 101 cm³/mol. The van der Waals surface area contributed by atoms with Crippen molar-refractivity contribution in [2.24, 2.45) is 0 Å². The highest BCUT2D eigenvalue weighted by atomic mass is 16.2. The molecule has 0 aliphatic carbocycles. The first-order valence-corrected chi connectivity index (χ1v) is 8.59. The van der Waals surface area contributed by atoms with Crippen LogP contribution in [0.15, 0.2) is 36.9 Å². The summed E-state index contributed by atoms with van der Waals surface area (Å²) in [4.78, 5) is 39.5. The van der Waals surface area contributed by atoms with E-state index in [4.69, 9.17) is 0 Å². The Kier molecular flexibility index (Phi) is 6.02. The van der Waals surface area contributed by atoms with E-state index in [0.29, 0.717) is 37.4 Å². The number of nitrogens with zero attached hydrogens (tertiary/aromatic N) is 2. The molecule has 7 nitrogen and oxygen atoms in total. The number of rotatable bonds is 3. The monoisotopic (exact) mass is 358 g/mol. The molecule has 0 atom stereocenters. The largest absolute Gasteiger partial charge is 0.335 e. The molecule has 1 aromatic rings. The normalized spacial score (nSPS) is 14.6. The Labute approximate surface area is 154 Å². The van der Waals surface area contributed by atoms with Gasteiger partial charge in [0, 0.05) is 43.0 Å². The maximum Gasteiger partial charge on any atom is 0.317 e. The zero-order chi connectivity index (χ0) is 19.3. The average molecular weight is 358 g/mol. The van der Waals surface area contributed by atoms with Crippen LogP contribution in [0.4, 0.5) is 10.5 Å². The first-order valence-electron chi connectivity index (χ1n) is 8.59. The Hall–Kier alpha value is -2.83. The summed E-state index contributed by atoms with van der Waals surface area (Å²) in [5.41, 5.74) is 0.872. The van der Waals surface area contributed by atoms with Crippen molar-refractivity contribution in [3.8, 4) is 0 Å². The molecule has 0 saturated carbocycles. The van der Waals surface area contributed by atoms with Gasteiger partial charge in [-0.2, -0.15) is 0 Å². The lowest BCUT2D eigenvalue weighted by Crippen LogP contribution is -2.56. The zero-order valence-electron chi connectivity index (χ0n) is 15.5. The topological polar surface area (TPSA) is 81.8 Å². The molecule has 1 aromatic carbocycles. The van der Waals surface area contributed by atoms with Gasteiger partial charge in [0.25, 0.3) is 5.91 Å². The third-order valence-electron chi connectivity index (χ3n) is 3.92. The second-order valence-electron chi connectivity index (χ2n) is 7.23. The van der Waals surface area contributed by atoms with E-state index in [1.807, 2.05) is 20.8 Å². The molecule has 0 bridgehead atoms. The van der Waals surface area contributed by atoms with E-state index in [9.17, 15) is 14.4 Å². The van der Waals surface area contributed by atoms with Crippen molar-refractivity contribution in [3.05, 3.63) is 42.5 Å². The standard InChI is InChI=1S/C19H26N4O3/c1-5-16(24)20-15-8-6-14(7-9-15)17(25)22-10-12-23(13-11-22)18(26)21-19(2,3)4/h5-9H,1,10-13H2,2-4H3,(H,20,24)(H,21,26). The molecule has 0 spiro atoms. The lowest BCUT2D eigenvalue weighted by molar-refractivity contribution is -0.111. The molecule has 2 rings (SSSR count). The van der Waals surface area contributed by atoms with Gasteiger partial charge >= 0.3 is 6.03 Å². The van der Waals surface area contributed by atoms with Gasteiger partial charge in [-0.05, 0) is 51.1 Å². The number of carbonyl (C=O) groups is 3. The molecular formula is C19H26N4O3. The predicted octanol–water partition coefficient (Wildman–Crippen LogP) is 2.08. The number of anilines is 1. The summed E-state index contributed by atoms with van der Waals surface area (Å²) in [6, 6.07) is 6.62. The minimum Gasteiger partial charge on any atom is -0.335 e. The summed E-state index contributed by atoms with van der Waals surface area (Å²) in [7, 11) is 0. The summed E-state index contributed by atoms with van der Waals surface area (Å²) in [6.45, 7) is 11.2. The first-order chi connectivity index (χ1) is 12.2. The van der Waals surface area contributed by atoms with Crippen molar-refractivity contribution < 1.29 is 14.4 Å².